The second-order valence-corrected chi connectivity index (χ2v) is 11.5. The van der Waals surface area contributed by atoms with E-state index in [1.165, 1.54) is 34.2 Å². The SMILES string of the molecule is Cc1ccc(NC(=O)CSc2nnc3c4c5c(sc4nc(SCc4ccccc4)n23)CCC5)cc1. The molecule has 0 unspecified atom stereocenters. The van der Waals surface area contributed by atoms with Gasteiger partial charge in [-0.3, -0.25) is 4.79 Å². The second kappa shape index (κ2) is 9.64. The second-order valence-electron chi connectivity index (χ2n) is 8.55. The van der Waals surface area contributed by atoms with Crippen LogP contribution in [-0.2, 0) is 23.4 Å². The summed E-state index contributed by atoms with van der Waals surface area (Å²) in [6, 6.07) is 18.2. The number of aryl methyl sites for hydroxylation is 3. The number of fused-ring (bicyclic) bond motifs is 5. The Morgan fingerprint density at radius 3 is 2.69 bits per heavy atom. The number of hydrogen-bond acceptors (Lipinski definition) is 7. The smallest absolute Gasteiger partial charge is 0.234 e. The first-order valence-corrected chi connectivity index (χ1v) is 14.3. The molecule has 0 atom stereocenters. The van der Waals surface area contributed by atoms with E-state index in [0.29, 0.717) is 5.16 Å². The van der Waals surface area contributed by atoms with Crippen LogP contribution in [0.1, 0.15) is 28.0 Å². The Hall–Kier alpha value is -2.88. The number of hydrogen-bond donors (Lipinski definition) is 1. The summed E-state index contributed by atoms with van der Waals surface area (Å²) in [6.45, 7) is 2.03. The van der Waals surface area contributed by atoms with Crippen molar-refractivity contribution in [1.29, 1.82) is 0 Å². The van der Waals surface area contributed by atoms with Crippen molar-refractivity contribution in [2.75, 3.05) is 11.1 Å². The molecule has 6 nitrogen and oxygen atoms in total. The standard InChI is InChI=1S/C26H23N5OS3/c1-16-10-12-18(13-11-16)27-21(32)15-34-26-30-29-23-22-19-8-5-9-20(19)35-24(22)28-25(31(23)26)33-14-17-6-3-2-4-7-17/h2-4,6-7,10-13H,5,8-9,14-15H2,1H3,(H,27,32). The summed E-state index contributed by atoms with van der Waals surface area (Å²) in [5.41, 5.74) is 5.42. The number of rotatable bonds is 7. The van der Waals surface area contributed by atoms with E-state index < -0.39 is 0 Å². The molecular weight excluding hydrogens is 495 g/mol. The van der Waals surface area contributed by atoms with Crippen LogP contribution in [0.2, 0.25) is 0 Å². The maximum atomic E-state index is 12.6. The monoisotopic (exact) mass is 517 g/mol. The van der Waals surface area contributed by atoms with Crippen LogP contribution in [-0.4, -0.2) is 31.2 Å². The normalized spacial score (nSPS) is 12.9. The molecule has 1 N–H and O–H groups in total. The largest absolute Gasteiger partial charge is 0.325 e. The van der Waals surface area contributed by atoms with Gasteiger partial charge in [-0.15, -0.1) is 21.5 Å². The van der Waals surface area contributed by atoms with Crippen molar-refractivity contribution >= 4 is 62.3 Å². The van der Waals surface area contributed by atoms with Crippen LogP contribution >= 0.6 is 34.9 Å². The molecule has 0 aliphatic heterocycles. The quantitative estimate of drug-likeness (QED) is 0.206. The Morgan fingerprint density at radius 1 is 1.03 bits per heavy atom. The maximum absolute atomic E-state index is 12.6. The zero-order valence-corrected chi connectivity index (χ0v) is 21.6. The number of carbonyl (C=O) groups excluding carboxylic acids is 1. The van der Waals surface area contributed by atoms with Gasteiger partial charge in [-0.1, -0.05) is 71.6 Å². The zero-order valence-electron chi connectivity index (χ0n) is 19.2. The lowest BCUT2D eigenvalue weighted by molar-refractivity contribution is -0.113. The molecule has 3 heterocycles. The van der Waals surface area contributed by atoms with Crippen LogP contribution in [0.4, 0.5) is 5.69 Å². The highest BCUT2D eigenvalue weighted by Crippen LogP contribution is 2.40. The van der Waals surface area contributed by atoms with Crippen LogP contribution in [0, 0.1) is 6.92 Å². The summed E-state index contributed by atoms with van der Waals surface area (Å²) in [5, 5.41) is 14.8. The van der Waals surface area contributed by atoms with E-state index in [-0.39, 0.29) is 11.7 Å². The molecule has 176 valence electrons. The molecule has 0 saturated heterocycles. The van der Waals surface area contributed by atoms with Crippen molar-refractivity contribution in [1.82, 2.24) is 19.6 Å². The number of aromatic nitrogens is 4. The number of anilines is 1. The Morgan fingerprint density at radius 2 is 1.86 bits per heavy atom. The van der Waals surface area contributed by atoms with Crippen LogP contribution in [0.25, 0.3) is 15.9 Å². The molecule has 1 aliphatic rings. The van der Waals surface area contributed by atoms with Crippen LogP contribution in [0.15, 0.2) is 64.9 Å². The first kappa shape index (κ1) is 22.6. The average Bonchev–Trinajstić information content (AvgIpc) is 3.58. The molecule has 6 rings (SSSR count). The van der Waals surface area contributed by atoms with Crippen molar-refractivity contribution in [2.24, 2.45) is 0 Å². The predicted octanol–water partition coefficient (Wildman–Crippen LogP) is 6.16. The van der Waals surface area contributed by atoms with Crippen LogP contribution in [0.3, 0.4) is 0 Å². The van der Waals surface area contributed by atoms with Gasteiger partial charge >= 0.3 is 0 Å². The molecule has 0 radical (unpaired) electrons. The summed E-state index contributed by atoms with van der Waals surface area (Å²) in [5.74, 6) is 0.979. The first-order valence-electron chi connectivity index (χ1n) is 11.5. The predicted molar refractivity (Wildman–Crippen MR) is 145 cm³/mol. The van der Waals surface area contributed by atoms with E-state index in [2.05, 4.69) is 39.8 Å². The molecule has 35 heavy (non-hydrogen) atoms. The highest BCUT2D eigenvalue weighted by atomic mass is 32.2. The Kier molecular flexibility index (Phi) is 6.22. The summed E-state index contributed by atoms with van der Waals surface area (Å²) in [7, 11) is 0. The van der Waals surface area contributed by atoms with Crippen LogP contribution in [0.5, 0.6) is 0 Å². The van der Waals surface area contributed by atoms with E-state index >= 15 is 0 Å². The fourth-order valence-corrected chi connectivity index (χ4v) is 7.37. The fourth-order valence-electron chi connectivity index (χ4n) is 4.32. The minimum atomic E-state index is -0.0699. The summed E-state index contributed by atoms with van der Waals surface area (Å²) in [4.78, 5) is 20.2. The van der Waals surface area contributed by atoms with Crippen molar-refractivity contribution in [3.63, 3.8) is 0 Å². The van der Waals surface area contributed by atoms with E-state index in [1.807, 2.05) is 41.7 Å². The number of thiophene rings is 1. The Balaban J connectivity index is 1.31. The van der Waals surface area contributed by atoms with Gasteiger partial charge in [-0.25, -0.2) is 9.38 Å². The van der Waals surface area contributed by atoms with E-state index in [9.17, 15) is 4.79 Å². The fraction of sp³-hybridized carbons (Fsp3) is 0.231. The van der Waals surface area contributed by atoms with Crippen molar-refractivity contribution in [2.45, 2.75) is 42.3 Å². The summed E-state index contributed by atoms with van der Waals surface area (Å²) in [6.07, 6.45) is 3.37. The molecule has 0 bridgehead atoms. The third-order valence-corrected chi connectivity index (χ3v) is 9.15. The van der Waals surface area contributed by atoms with Gasteiger partial charge in [0, 0.05) is 16.3 Å². The van der Waals surface area contributed by atoms with Gasteiger partial charge in [0.15, 0.2) is 16.0 Å². The molecule has 2 aromatic carbocycles. The minimum absolute atomic E-state index is 0.0699. The molecule has 1 aliphatic carbocycles. The topological polar surface area (TPSA) is 72.2 Å². The first-order chi connectivity index (χ1) is 17.2. The third kappa shape index (κ3) is 4.55. The van der Waals surface area contributed by atoms with E-state index in [4.69, 9.17) is 4.98 Å². The number of nitrogens with zero attached hydrogens (tertiary/aromatic N) is 4. The Bertz CT molecular complexity index is 1530. The lowest BCUT2D eigenvalue weighted by atomic mass is 10.2. The highest BCUT2D eigenvalue weighted by molar-refractivity contribution is 8.00. The number of nitrogens with one attached hydrogen (secondary N) is 1. The van der Waals surface area contributed by atoms with Gasteiger partial charge < -0.3 is 5.32 Å². The van der Waals surface area contributed by atoms with Gasteiger partial charge in [0.25, 0.3) is 0 Å². The van der Waals surface area contributed by atoms with Crippen molar-refractivity contribution in [3.8, 4) is 0 Å². The van der Waals surface area contributed by atoms with Crippen LogP contribution < -0.4 is 5.32 Å². The molecule has 1 amide bonds. The molecule has 9 heteroatoms. The van der Waals surface area contributed by atoms with Gasteiger partial charge in [-0.2, -0.15) is 0 Å². The highest BCUT2D eigenvalue weighted by Gasteiger charge is 2.25. The third-order valence-electron chi connectivity index (χ3n) is 6.03. The summed E-state index contributed by atoms with van der Waals surface area (Å²) < 4.78 is 2.05. The number of benzene rings is 2. The molecule has 3 aromatic heterocycles. The van der Waals surface area contributed by atoms with Gasteiger partial charge in [0.2, 0.25) is 5.91 Å². The molecule has 0 saturated carbocycles. The maximum Gasteiger partial charge on any atom is 0.234 e. The number of carbonyl (C=O) groups is 1. The van der Waals surface area contributed by atoms with Crippen molar-refractivity contribution in [3.05, 3.63) is 76.2 Å². The Labute approximate surface area is 215 Å². The lowest BCUT2D eigenvalue weighted by Gasteiger charge is -2.09. The lowest BCUT2D eigenvalue weighted by Crippen LogP contribution is -2.14. The van der Waals surface area contributed by atoms with E-state index in [0.717, 1.165) is 50.9 Å². The van der Waals surface area contributed by atoms with Crippen molar-refractivity contribution < 1.29 is 4.79 Å². The van der Waals surface area contributed by atoms with Gasteiger partial charge in [-0.05, 0) is 49.4 Å². The molecular formula is C26H23N5OS3. The zero-order chi connectivity index (χ0) is 23.8. The minimum Gasteiger partial charge on any atom is -0.325 e. The molecule has 0 spiro atoms. The average molecular weight is 518 g/mol. The number of amides is 1. The number of thioether (sulfide) groups is 2. The molecule has 5 aromatic rings. The van der Waals surface area contributed by atoms with Gasteiger partial charge in [0.05, 0.1) is 11.1 Å². The summed E-state index contributed by atoms with van der Waals surface area (Å²) >= 11 is 4.87. The van der Waals surface area contributed by atoms with Gasteiger partial charge in [0.1, 0.15) is 4.83 Å². The molecule has 0 fully saturated rings. The van der Waals surface area contributed by atoms with E-state index in [1.54, 1.807) is 23.1 Å².